The molecule has 1 amide bonds. The normalized spacial score (nSPS) is 10.2. The smallest absolute Gasteiger partial charge is 0.308 e. The second-order valence-electron chi connectivity index (χ2n) is 4.55. The van der Waals surface area contributed by atoms with Gasteiger partial charge in [0.15, 0.2) is 16.6 Å². The Morgan fingerprint density at radius 2 is 1.95 bits per heavy atom. The molecule has 0 aliphatic heterocycles. The fourth-order valence-electron chi connectivity index (χ4n) is 1.76. The number of ether oxygens (including phenoxy) is 2. The zero-order valence-corrected chi connectivity index (χ0v) is 13.6. The molecule has 116 valence electrons. The highest BCUT2D eigenvalue weighted by atomic mass is 32.1. The largest absolute Gasteiger partial charge is 0.493 e. The fraction of sp³-hybridized carbons (Fsp3) is 0.267. The van der Waals surface area contributed by atoms with Crippen LogP contribution in [0, 0.1) is 0 Å². The van der Waals surface area contributed by atoms with Gasteiger partial charge in [-0.05, 0) is 18.2 Å². The topological polar surface area (TPSA) is 68.7 Å². The minimum absolute atomic E-state index is 0.0868. The first-order valence-electron chi connectivity index (χ1n) is 6.49. The van der Waals surface area contributed by atoms with Crippen molar-refractivity contribution in [2.75, 3.05) is 19.1 Å². The quantitative estimate of drug-likeness (QED) is 0.640. The number of esters is 1. The summed E-state index contributed by atoms with van der Waals surface area (Å²) in [6.45, 7) is 2.81. The molecule has 0 N–H and O–H groups in total. The van der Waals surface area contributed by atoms with Gasteiger partial charge in [0, 0.05) is 31.8 Å². The van der Waals surface area contributed by atoms with Crippen molar-refractivity contribution in [3.8, 4) is 22.8 Å². The number of hydrogen-bond donors (Lipinski definition) is 0. The van der Waals surface area contributed by atoms with Gasteiger partial charge >= 0.3 is 5.97 Å². The Morgan fingerprint density at radius 3 is 2.55 bits per heavy atom. The molecule has 0 unspecified atom stereocenters. The third kappa shape index (κ3) is 3.43. The van der Waals surface area contributed by atoms with Crippen LogP contribution in [-0.4, -0.2) is 31.0 Å². The van der Waals surface area contributed by atoms with Crippen LogP contribution >= 0.6 is 11.3 Å². The van der Waals surface area contributed by atoms with E-state index in [1.807, 2.05) is 11.4 Å². The Balaban J connectivity index is 2.36. The van der Waals surface area contributed by atoms with E-state index in [9.17, 15) is 9.59 Å². The minimum atomic E-state index is -0.425. The molecule has 0 fully saturated rings. The van der Waals surface area contributed by atoms with Crippen molar-refractivity contribution < 1.29 is 19.1 Å². The lowest BCUT2D eigenvalue weighted by Gasteiger charge is -2.10. The molecule has 22 heavy (non-hydrogen) atoms. The van der Waals surface area contributed by atoms with E-state index in [2.05, 4.69) is 4.98 Å². The number of thiazole rings is 1. The Morgan fingerprint density at radius 1 is 1.23 bits per heavy atom. The number of amides is 1. The Bertz CT molecular complexity index is 711. The SMILES string of the molecule is COc1ccc(-c2csc(N(C)C(C)=O)n2)cc1OC(C)=O. The zero-order valence-electron chi connectivity index (χ0n) is 12.7. The van der Waals surface area contributed by atoms with E-state index in [0.717, 1.165) is 5.56 Å². The highest BCUT2D eigenvalue weighted by molar-refractivity contribution is 7.14. The fourth-order valence-corrected chi connectivity index (χ4v) is 2.60. The standard InChI is InChI=1S/C15H16N2O4S/c1-9(18)17(3)15-16-12(8-22-15)11-5-6-13(20-4)14(7-11)21-10(2)19/h5-8H,1-4H3. The number of rotatable bonds is 4. The van der Waals surface area contributed by atoms with Gasteiger partial charge < -0.3 is 9.47 Å². The number of aromatic nitrogens is 1. The summed E-state index contributed by atoms with van der Waals surface area (Å²) in [6, 6.07) is 5.21. The number of methoxy groups -OCH3 is 1. The summed E-state index contributed by atoms with van der Waals surface area (Å²) < 4.78 is 10.3. The molecule has 0 radical (unpaired) electrons. The molecule has 0 aliphatic rings. The molecule has 0 saturated heterocycles. The van der Waals surface area contributed by atoms with Gasteiger partial charge in [-0.1, -0.05) is 0 Å². The molecule has 2 aromatic rings. The van der Waals surface area contributed by atoms with Gasteiger partial charge in [0.25, 0.3) is 0 Å². The Labute approximate surface area is 132 Å². The Hall–Kier alpha value is -2.41. The van der Waals surface area contributed by atoms with Crippen molar-refractivity contribution >= 4 is 28.3 Å². The van der Waals surface area contributed by atoms with Gasteiger partial charge in [0.1, 0.15) is 0 Å². The van der Waals surface area contributed by atoms with Gasteiger partial charge in [0.05, 0.1) is 12.8 Å². The van der Waals surface area contributed by atoms with E-state index in [-0.39, 0.29) is 5.91 Å². The lowest BCUT2D eigenvalue weighted by Crippen LogP contribution is -2.22. The van der Waals surface area contributed by atoms with Crippen LogP contribution in [0.25, 0.3) is 11.3 Å². The van der Waals surface area contributed by atoms with Gasteiger partial charge in [-0.15, -0.1) is 11.3 Å². The summed E-state index contributed by atoms with van der Waals surface area (Å²) in [7, 11) is 3.17. The summed E-state index contributed by atoms with van der Waals surface area (Å²) in [5.74, 6) is 0.291. The first-order valence-corrected chi connectivity index (χ1v) is 7.37. The molecule has 1 heterocycles. The van der Waals surface area contributed by atoms with Crippen LogP contribution in [0.15, 0.2) is 23.6 Å². The first kappa shape index (κ1) is 16.0. The third-order valence-electron chi connectivity index (χ3n) is 2.96. The Kier molecular flexibility index (Phi) is 4.77. The van der Waals surface area contributed by atoms with Crippen LogP contribution in [0.5, 0.6) is 11.5 Å². The van der Waals surface area contributed by atoms with Crippen LogP contribution in [0.2, 0.25) is 0 Å². The molecule has 0 saturated carbocycles. The molecule has 0 atom stereocenters. The number of benzene rings is 1. The molecule has 6 nitrogen and oxygen atoms in total. The molecule has 0 bridgehead atoms. The van der Waals surface area contributed by atoms with Gasteiger partial charge in [-0.25, -0.2) is 4.98 Å². The molecule has 0 aliphatic carbocycles. The zero-order chi connectivity index (χ0) is 16.3. The highest BCUT2D eigenvalue weighted by Gasteiger charge is 2.14. The summed E-state index contributed by atoms with van der Waals surface area (Å²) in [5, 5.41) is 2.45. The van der Waals surface area contributed by atoms with E-state index in [4.69, 9.17) is 9.47 Å². The molecular weight excluding hydrogens is 304 g/mol. The number of carbonyl (C=O) groups excluding carboxylic acids is 2. The molecule has 2 rings (SSSR count). The number of anilines is 1. The number of carbonyl (C=O) groups is 2. The predicted octanol–water partition coefficient (Wildman–Crippen LogP) is 2.73. The van der Waals surface area contributed by atoms with Crippen molar-refractivity contribution in [1.29, 1.82) is 0 Å². The summed E-state index contributed by atoms with van der Waals surface area (Å²) in [4.78, 5) is 28.4. The second-order valence-corrected chi connectivity index (χ2v) is 5.39. The minimum Gasteiger partial charge on any atom is -0.493 e. The van der Waals surface area contributed by atoms with Crippen molar-refractivity contribution in [3.05, 3.63) is 23.6 Å². The molecule has 7 heteroatoms. The van der Waals surface area contributed by atoms with Gasteiger partial charge in [-0.2, -0.15) is 0 Å². The van der Waals surface area contributed by atoms with Crippen molar-refractivity contribution in [2.24, 2.45) is 0 Å². The third-order valence-corrected chi connectivity index (χ3v) is 3.88. The van der Waals surface area contributed by atoms with Gasteiger partial charge in [-0.3, -0.25) is 14.5 Å². The van der Waals surface area contributed by atoms with Gasteiger partial charge in [0.2, 0.25) is 5.91 Å². The van der Waals surface area contributed by atoms with Crippen molar-refractivity contribution in [3.63, 3.8) is 0 Å². The maximum Gasteiger partial charge on any atom is 0.308 e. The molecule has 1 aromatic heterocycles. The van der Waals surface area contributed by atoms with Crippen molar-refractivity contribution in [1.82, 2.24) is 4.98 Å². The molecular formula is C15H16N2O4S. The van der Waals surface area contributed by atoms with E-state index in [1.54, 1.807) is 19.2 Å². The highest BCUT2D eigenvalue weighted by Crippen LogP contribution is 2.34. The summed E-state index contributed by atoms with van der Waals surface area (Å²) in [5.41, 5.74) is 1.47. The van der Waals surface area contributed by atoms with E-state index in [1.165, 1.54) is 37.2 Å². The van der Waals surface area contributed by atoms with E-state index < -0.39 is 5.97 Å². The number of hydrogen-bond acceptors (Lipinski definition) is 6. The number of nitrogens with zero attached hydrogens (tertiary/aromatic N) is 2. The summed E-state index contributed by atoms with van der Waals surface area (Å²) >= 11 is 1.37. The van der Waals surface area contributed by atoms with Crippen LogP contribution < -0.4 is 14.4 Å². The second kappa shape index (κ2) is 6.57. The van der Waals surface area contributed by atoms with Crippen LogP contribution in [-0.2, 0) is 9.59 Å². The van der Waals surface area contributed by atoms with E-state index >= 15 is 0 Å². The first-order chi connectivity index (χ1) is 10.4. The van der Waals surface area contributed by atoms with Crippen LogP contribution in [0.3, 0.4) is 0 Å². The maximum atomic E-state index is 11.4. The maximum absolute atomic E-state index is 11.4. The lowest BCUT2D eigenvalue weighted by atomic mass is 10.1. The van der Waals surface area contributed by atoms with Crippen LogP contribution in [0.4, 0.5) is 5.13 Å². The lowest BCUT2D eigenvalue weighted by molar-refractivity contribution is -0.132. The molecule has 1 aromatic carbocycles. The van der Waals surface area contributed by atoms with Crippen LogP contribution in [0.1, 0.15) is 13.8 Å². The monoisotopic (exact) mass is 320 g/mol. The van der Waals surface area contributed by atoms with Crippen molar-refractivity contribution in [2.45, 2.75) is 13.8 Å². The molecule has 0 spiro atoms. The van der Waals surface area contributed by atoms with E-state index in [0.29, 0.717) is 22.3 Å². The average Bonchev–Trinajstić information content (AvgIpc) is 2.95. The summed E-state index contributed by atoms with van der Waals surface area (Å²) in [6.07, 6.45) is 0. The average molecular weight is 320 g/mol. The predicted molar refractivity (Wildman–Crippen MR) is 84.5 cm³/mol.